The van der Waals surface area contributed by atoms with E-state index in [2.05, 4.69) is 58.1 Å². The van der Waals surface area contributed by atoms with Crippen LogP contribution >= 0.6 is 35.3 Å². The first-order valence-corrected chi connectivity index (χ1v) is 8.50. The van der Waals surface area contributed by atoms with Crippen molar-refractivity contribution < 1.29 is 0 Å². The molecule has 0 unspecified atom stereocenters. The molecule has 0 saturated carbocycles. The third-order valence-corrected chi connectivity index (χ3v) is 3.78. The predicted octanol–water partition coefficient (Wildman–Crippen LogP) is 3.15. The molecule has 0 atom stereocenters. The van der Waals surface area contributed by atoms with E-state index in [1.54, 1.807) is 11.3 Å². The summed E-state index contributed by atoms with van der Waals surface area (Å²) < 4.78 is 0. The zero-order valence-corrected chi connectivity index (χ0v) is 16.5. The Morgan fingerprint density at radius 1 is 1.24 bits per heavy atom. The molecule has 1 rings (SSSR count). The lowest BCUT2D eigenvalue weighted by molar-refractivity contribution is 0.293. The van der Waals surface area contributed by atoms with Gasteiger partial charge in [0.2, 0.25) is 0 Å². The van der Waals surface area contributed by atoms with Gasteiger partial charge in [0.05, 0.1) is 6.54 Å². The maximum absolute atomic E-state index is 4.61. The van der Waals surface area contributed by atoms with Gasteiger partial charge in [-0.05, 0) is 48.8 Å². The Labute approximate surface area is 150 Å². The Hall–Kier alpha value is -0.340. The molecule has 4 nitrogen and oxygen atoms in total. The van der Waals surface area contributed by atoms with Crippen LogP contribution in [0, 0.1) is 0 Å². The summed E-state index contributed by atoms with van der Waals surface area (Å²) in [5.41, 5.74) is 1.27. The second-order valence-corrected chi connectivity index (χ2v) is 5.47. The lowest BCUT2D eigenvalue weighted by atomic mass is 10.3. The van der Waals surface area contributed by atoms with Crippen molar-refractivity contribution in [2.75, 3.05) is 32.7 Å². The van der Waals surface area contributed by atoms with Gasteiger partial charge in [0.25, 0.3) is 0 Å². The summed E-state index contributed by atoms with van der Waals surface area (Å²) in [5.74, 6) is 0.909. The van der Waals surface area contributed by atoms with Crippen LogP contribution in [-0.2, 0) is 6.54 Å². The predicted molar refractivity (Wildman–Crippen MR) is 105 cm³/mol. The number of hydrogen-bond acceptors (Lipinski definition) is 3. The maximum Gasteiger partial charge on any atom is 0.191 e. The van der Waals surface area contributed by atoms with Crippen LogP contribution in [0.15, 0.2) is 21.8 Å². The van der Waals surface area contributed by atoms with Crippen LogP contribution in [0.1, 0.15) is 32.8 Å². The second kappa shape index (κ2) is 13.3. The first kappa shape index (κ1) is 20.7. The molecule has 2 N–H and O–H groups in total. The average molecular weight is 424 g/mol. The van der Waals surface area contributed by atoms with Gasteiger partial charge in [-0.25, -0.2) is 4.99 Å². The van der Waals surface area contributed by atoms with Crippen molar-refractivity contribution in [3.8, 4) is 0 Å². The van der Waals surface area contributed by atoms with Crippen molar-refractivity contribution in [3.05, 3.63) is 22.4 Å². The molecule has 0 spiro atoms. The highest BCUT2D eigenvalue weighted by atomic mass is 127. The molecule has 0 amide bonds. The van der Waals surface area contributed by atoms with Gasteiger partial charge >= 0.3 is 0 Å². The highest BCUT2D eigenvalue weighted by molar-refractivity contribution is 14.0. The minimum absolute atomic E-state index is 0. The number of likely N-dealkylation sites (N-methyl/N-ethyl adjacent to an activating group) is 1. The molecule has 0 radical (unpaired) electrons. The summed E-state index contributed by atoms with van der Waals surface area (Å²) in [7, 11) is 0. The number of hydrogen-bond donors (Lipinski definition) is 2. The van der Waals surface area contributed by atoms with E-state index in [-0.39, 0.29) is 24.0 Å². The van der Waals surface area contributed by atoms with Crippen LogP contribution in [0.3, 0.4) is 0 Å². The normalized spacial score (nSPS) is 11.3. The molecule has 21 heavy (non-hydrogen) atoms. The maximum atomic E-state index is 4.61. The highest BCUT2D eigenvalue weighted by Gasteiger charge is 2.02. The zero-order valence-electron chi connectivity index (χ0n) is 13.4. The van der Waals surface area contributed by atoms with E-state index in [4.69, 9.17) is 0 Å². The molecular weight excluding hydrogens is 395 g/mol. The fraction of sp³-hybridized carbons (Fsp3) is 0.667. The van der Waals surface area contributed by atoms with Gasteiger partial charge in [-0.15, -0.1) is 24.0 Å². The number of guanidine groups is 1. The molecule has 0 bridgehead atoms. The Bertz CT molecular complexity index is 368. The second-order valence-electron chi connectivity index (χ2n) is 4.69. The SMILES string of the molecule is CCCN(CC)CCNC(=NCc1ccsc1)NCC.I. The highest BCUT2D eigenvalue weighted by Crippen LogP contribution is 2.06. The van der Waals surface area contributed by atoms with E-state index in [1.807, 2.05) is 0 Å². The van der Waals surface area contributed by atoms with Gasteiger partial charge < -0.3 is 15.5 Å². The van der Waals surface area contributed by atoms with Crippen molar-refractivity contribution in [3.63, 3.8) is 0 Å². The van der Waals surface area contributed by atoms with Crippen molar-refractivity contribution in [1.82, 2.24) is 15.5 Å². The molecule has 1 heterocycles. The van der Waals surface area contributed by atoms with Crippen LogP contribution < -0.4 is 10.6 Å². The molecule has 0 aromatic carbocycles. The third kappa shape index (κ3) is 9.31. The standard InChI is InChI=1S/C15H28N4S.HI/c1-4-9-19(6-3)10-8-17-15(16-5-2)18-12-14-7-11-20-13-14;/h7,11,13H,4-6,8-10,12H2,1-3H3,(H2,16,17,18);1H. The lowest BCUT2D eigenvalue weighted by Gasteiger charge is -2.20. The summed E-state index contributed by atoms with van der Waals surface area (Å²) in [6.45, 7) is 12.4. The Morgan fingerprint density at radius 2 is 2.05 bits per heavy atom. The summed E-state index contributed by atoms with van der Waals surface area (Å²) in [6, 6.07) is 2.12. The first-order valence-electron chi connectivity index (χ1n) is 7.55. The van der Waals surface area contributed by atoms with Crippen molar-refractivity contribution in [2.24, 2.45) is 4.99 Å². The van der Waals surface area contributed by atoms with Crippen LogP contribution in [0.25, 0.3) is 0 Å². The van der Waals surface area contributed by atoms with E-state index < -0.39 is 0 Å². The zero-order chi connectivity index (χ0) is 14.6. The topological polar surface area (TPSA) is 39.7 Å². The molecule has 1 aromatic rings. The van der Waals surface area contributed by atoms with Gasteiger partial charge in [-0.1, -0.05) is 13.8 Å². The monoisotopic (exact) mass is 424 g/mol. The fourth-order valence-corrected chi connectivity index (χ4v) is 2.63. The molecule has 0 aliphatic carbocycles. The van der Waals surface area contributed by atoms with Gasteiger partial charge in [-0.2, -0.15) is 11.3 Å². The number of halogens is 1. The number of nitrogens with zero attached hydrogens (tertiary/aromatic N) is 2. The van der Waals surface area contributed by atoms with Gasteiger partial charge in [0, 0.05) is 19.6 Å². The number of nitrogens with one attached hydrogen (secondary N) is 2. The lowest BCUT2D eigenvalue weighted by Crippen LogP contribution is -2.41. The van der Waals surface area contributed by atoms with Gasteiger partial charge in [0.15, 0.2) is 5.96 Å². The van der Waals surface area contributed by atoms with Crippen LogP contribution in [0.5, 0.6) is 0 Å². The molecule has 122 valence electrons. The first-order chi connectivity index (χ1) is 9.80. The Kier molecular flexibility index (Phi) is 13.1. The fourth-order valence-electron chi connectivity index (χ4n) is 1.97. The smallest absolute Gasteiger partial charge is 0.191 e. The third-order valence-electron chi connectivity index (χ3n) is 3.05. The summed E-state index contributed by atoms with van der Waals surface area (Å²) in [6.07, 6.45) is 1.21. The van der Waals surface area contributed by atoms with Crippen molar-refractivity contribution in [1.29, 1.82) is 0 Å². The van der Waals surface area contributed by atoms with E-state index in [1.165, 1.54) is 18.5 Å². The summed E-state index contributed by atoms with van der Waals surface area (Å²) >= 11 is 1.72. The van der Waals surface area contributed by atoms with Crippen LogP contribution in [-0.4, -0.2) is 43.6 Å². The van der Waals surface area contributed by atoms with E-state index in [9.17, 15) is 0 Å². The minimum Gasteiger partial charge on any atom is -0.357 e. The molecule has 0 aliphatic heterocycles. The molecule has 0 saturated heterocycles. The Balaban J connectivity index is 0.00000400. The summed E-state index contributed by atoms with van der Waals surface area (Å²) in [4.78, 5) is 7.06. The van der Waals surface area contributed by atoms with Gasteiger partial charge in [0.1, 0.15) is 0 Å². The van der Waals surface area contributed by atoms with E-state index in [0.717, 1.165) is 38.7 Å². The van der Waals surface area contributed by atoms with Crippen LogP contribution in [0.4, 0.5) is 0 Å². The van der Waals surface area contributed by atoms with Crippen molar-refractivity contribution in [2.45, 2.75) is 33.7 Å². The molecule has 6 heteroatoms. The number of rotatable bonds is 9. The number of thiophene rings is 1. The molecular formula is C15H29IN4S. The largest absolute Gasteiger partial charge is 0.357 e. The Morgan fingerprint density at radius 3 is 2.62 bits per heavy atom. The molecule has 0 fully saturated rings. The summed E-state index contributed by atoms with van der Waals surface area (Å²) in [5, 5.41) is 10.9. The van der Waals surface area contributed by atoms with Crippen molar-refractivity contribution >= 4 is 41.3 Å². The minimum atomic E-state index is 0. The number of aliphatic imine (C=N–C) groups is 1. The van der Waals surface area contributed by atoms with Gasteiger partial charge in [-0.3, -0.25) is 0 Å². The molecule has 0 aliphatic rings. The van der Waals surface area contributed by atoms with E-state index in [0.29, 0.717) is 0 Å². The van der Waals surface area contributed by atoms with E-state index >= 15 is 0 Å². The van der Waals surface area contributed by atoms with Crippen LogP contribution in [0.2, 0.25) is 0 Å². The molecule has 1 aromatic heterocycles. The average Bonchev–Trinajstić information content (AvgIpc) is 2.97. The quantitative estimate of drug-likeness (QED) is 0.364.